The first-order chi connectivity index (χ1) is 6.74. The van der Waals surface area contributed by atoms with E-state index in [9.17, 15) is 0 Å². The normalized spacial score (nSPS) is 32.6. The molecule has 0 radical (unpaired) electrons. The summed E-state index contributed by atoms with van der Waals surface area (Å²) >= 11 is 0. The molecule has 2 saturated heterocycles. The van der Waals surface area contributed by atoms with Crippen LogP contribution in [0, 0.1) is 5.92 Å². The molecule has 0 aliphatic carbocycles. The fourth-order valence-corrected chi connectivity index (χ4v) is 2.67. The van der Waals surface area contributed by atoms with Crippen molar-refractivity contribution in [1.29, 1.82) is 0 Å². The van der Waals surface area contributed by atoms with Crippen LogP contribution in [0.2, 0.25) is 0 Å². The topological polar surface area (TPSA) is 32.5 Å². The van der Waals surface area contributed by atoms with Crippen LogP contribution in [-0.4, -0.2) is 55.6 Å². The van der Waals surface area contributed by atoms with Gasteiger partial charge >= 0.3 is 0 Å². The number of hydrogen-bond donors (Lipinski definition) is 1. The minimum Gasteiger partial charge on any atom is -0.328 e. The molecule has 2 fully saturated rings. The van der Waals surface area contributed by atoms with Gasteiger partial charge in [0, 0.05) is 25.7 Å². The molecule has 0 aromatic carbocycles. The molecule has 2 aliphatic rings. The maximum absolute atomic E-state index is 5.96. The highest BCUT2D eigenvalue weighted by molar-refractivity contribution is 4.81. The van der Waals surface area contributed by atoms with Crippen molar-refractivity contribution in [3.8, 4) is 0 Å². The van der Waals surface area contributed by atoms with Crippen LogP contribution < -0.4 is 5.73 Å². The van der Waals surface area contributed by atoms with E-state index in [0.29, 0.717) is 6.04 Å². The van der Waals surface area contributed by atoms with Gasteiger partial charge in [-0.1, -0.05) is 0 Å². The quantitative estimate of drug-likeness (QED) is 0.694. The molecular formula is C11H23N3. The summed E-state index contributed by atoms with van der Waals surface area (Å²) in [4.78, 5) is 5.01. The van der Waals surface area contributed by atoms with E-state index in [-0.39, 0.29) is 0 Å². The number of nitrogens with two attached hydrogens (primary N) is 1. The van der Waals surface area contributed by atoms with E-state index >= 15 is 0 Å². The van der Waals surface area contributed by atoms with E-state index in [1.807, 2.05) is 0 Å². The minimum atomic E-state index is 0.462. The Kier molecular flexibility index (Phi) is 3.42. The largest absolute Gasteiger partial charge is 0.328 e. The maximum Gasteiger partial charge on any atom is 0.00514 e. The van der Waals surface area contributed by atoms with Gasteiger partial charge in [-0.2, -0.15) is 0 Å². The standard InChI is InChI=1S/C11H23N3/c1-13-7-10(8-13)9-14-5-2-3-11(12)4-6-14/h10-11H,2-9,12H2,1H3. The summed E-state index contributed by atoms with van der Waals surface area (Å²) in [5, 5.41) is 0. The molecule has 1 atom stereocenters. The Morgan fingerprint density at radius 3 is 2.71 bits per heavy atom. The van der Waals surface area contributed by atoms with E-state index < -0.39 is 0 Å². The predicted octanol–water partition coefficient (Wildman–Crippen LogP) is 0.361. The van der Waals surface area contributed by atoms with Gasteiger partial charge in [0.05, 0.1) is 0 Å². The Morgan fingerprint density at radius 2 is 2.00 bits per heavy atom. The van der Waals surface area contributed by atoms with Crippen molar-refractivity contribution < 1.29 is 0 Å². The molecule has 3 nitrogen and oxygen atoms in total. The van der Waals surface area contributed by atoms with Crippen molar-refractivity contribution in [2.45, 2.75) is 25.3 Å². The van der Waals surface area contributed by atoms with Crippen molar-refractivity contribution in [3.05, 3.63) is 0 Å². The molecule has 0 saturated carbocycles. The first-order valence-corrected chi connectivity index (χ1v) is 5.90. The molecule has 0 amide bonds. The molecular weight excluding hydrogens is 174 g/mol. The summed E-state index contributed by atoms with van der Waals surface area (Å²) in [5.74, 6) is 0.925. The van der Waals surface area contributed by atoms with Crippen molar-refractivity contribution in [1.82, 2.24) is 9.80 Å². The number of nitrogens with zero attached hydrogens (tertiary/aromatic N) is 2. The molecule has 0 spiro atoms. The summed E-state index contributed by atoms with van der Waals surface area (Å²) in [6.07, 6.45) is 3.72. The third-order valence-electron chi connectivity index (χ3n) is 3.52. The molecule has 14 heavy (non-hydrogen) atoms. The van der Waals surface area contributed by atoms with Gasteiger partial charge in [0.25, 0.3) is 0 Å². The van der Waals surface area contributed by atoms with E-state index in [4.69, 9.17) is 5.73 Å². The lowest BCUT2D eigenvalue weighted by Crippen LogP contribution is -2.49. The van der Waals surface area contributed by atoms with Crippen molar-refractivity contribution in [3.63, 3.8) is 0 Å². The van der Waals surface area contributed by atoms with Gasteiger partial charge in [0.2, 0.25) is 0 Å². The van der Waals surface area contributed by atoms with Gasteiger partial charge in [-0.3, -0.25) is 0 Å². The summed E-state index contributed by atoms with van der Waals surface area (Å²) < 4.78 is 0. The van der Waals surface area contributed by atoms with E-state index in [2.05, 4.69) is 16.8 Å². The van der Waals surface area contributed by atoms with Gasteiger partial charge in [0.15, 0.2) is 0 Å². The highest BCUT2D eigenvalue weighted by Crippen LogP contribution is 2.17. The Bertz CT molecular complexity index is 177. The fourth-order valence-electron chi connectivity index (χ4n) is 2.67. The first kappa shape index (κ1) is 10.4. The molecule has 2 N–H and O–H groups in total. The average Bonchev–Trinajstić information content (AvgIpc) is 2.29. The fraction of sp³-hybridized carbons (Fsp3) is 1.00. The molecule has 2 heterocycles. The van der Waals surface area contributed by atoms with Crippen LogP contribution in [0.15, 0.2) is 0 Å². The zero-order valence-electron chi connectivity index (χ0n) is 9.28. The van der Waals surface area contributed by atoms with Crippen LogP contribution in [0.1, 0.15) is 19.3 Å². The summed E-state index contributed by atoms with van der Waals surface area (Å²) in [6.45, 7) is 6.39. The zero-order chi connectivity index (χ0) is 9.97. The Morgan fingerprint density at radius 1 is 1.21 bits per heavy atom. The Hall–Kier alpha value is -0.120. The first-order valence-electron chi connectivity index (χ1n) is 5.90. The van der Waals surface area contributed by atoms with Crippen molar-refractivity contribution in [2.75, 3.05) is 39.8 Å². The van der Waals surface area contributed by atoms with Crippen molar-refractivity contribution in [2.24, 2.45) is 11.7 Å². The second kappa shape index (κ2) is 4.60. The molecule has 2 aliphatic heterocycles. The third-order valence-corrected chi connectivity index (χ3v) is 3.52. The van der Waals surface area contributed by atoms with Crippen LogP contribution in [-0.2, 0) is 0 Å². The summed E-state index contributed by atoms with van der Waals surface area (Å²) in [6, 6.07) is 0.462. The molecule has 0 aromatic rings. The Balaban J connectivity index is 1.69. The highest BCUT2D eigenvalue weighted by Gasteiger charge is 2.25. The molecule has 1 unspecified atom stereocenters. The second-order valence-corrected chi connectivity index (χ2v) is 5.08. The lowest BCUT2D eigenvalue weighted by molar-refractivity contribution is 0.0919. The molecule has 0 aromatic heterocycles. The van der Waals surface area contributed by atoms with Gasteiger partial charge < -0.3 is 15.5 Å². The number of likely N-dealkylation sites (tertiary alicyclic amines) is 2. The lowest BCUT2D eigenvalue weighted by Gasteiger charge is -2.39. The SMILES string of the molecule is CN1CC(CN2CCCC(N)CC2)C1. The third kappa shape index (κ3) is 2.69. The monoisotopic (exact) mass is 197 g/mol. The highest BCUT2D eigenvalue weighted by atomic mass is 15.2. The number of rotatable bonds is 2. The second-order valence-electron chi connectivity index (χ2n) is 5.08. The maximum atomic E-state index is 5.96. The van der Waals surface area contributed by atoms with E-state index in [1.165, 1.54) is 52.0 Å². The molecule has 82 valence electrons. The van der Waals surface area contributed by atoms with E-state index in [0.717, 1.165) is 5.92 Å². The van der Waals surface area contributed by atoms with Crippen LogP contribution in [0.5, 0.6) is 0 Å². The van der Waals surface area contributed by atoms with Crippen LogP contribution in [0.4, 0.5) is 0 Å². The van der Waals surface area contributed by atoms with Crippen LogP contribution in [0.25, 0.3) is 0 Å². The predicted molar refractivity (Wildman–Crippen MR) is 59.3 cm³/mol. The summed E-state index contributed by atoms with van der Waals surface area (Å²) in [5.41, 5.74) is 5.96. The van der Waals surface area contributed by atoms with Gasteiger partial charge in [0.1, 0.15) is 0 Å². The van der Waals surface area contributed by atoms with Crippen LogP contribution in [0.3, 0.4) is 0 Å². The minimum absolute atomic E-state index is 0.462. The molecule has 3 heteroatoms. The summed E-state index contributed by atoms with van der Waals surface area (Å²) in [7, 11) is 2.20. The van der Waals surface area contributed by atoms with Gasteiger partial charge in [-0.05, 0) is 45.3 Å². The van der Waals surface area contributed by atoms with Gasteiger partial charge in [-0.15, -0.1) is 0 Å². The Labute approximate surface area is 87.2 Å². The number of hydrogen-bond acceptors (Lipinski definition) is 3. The van der Waals surface area contributed by atoms with E-state index in [1.54, 1.807) is 0 Å². The van der Waals surface area contributed by atoms with Gasteiger partial charge in [-0.25, -0.2) is 0 Å². The average molecular weight is 197 g/mol. The lowest BCUT2D eigenvalue weighted by atomic mass is 10.0. The zero-order valence-corrected chi connectivity index (χ0v) is 9.28. The van der Waals surface area contributed by atoms with Crippen LogP contribution >= 0.6 is 0 Å². The van der Waals surface area contributed by atoms with Crippen molar-refractivity contribution >= 4 is 0 Å². The molecule has 2 rings (SSSR count). The smallest absolute Gasteiger partial charge is 0.00514 e. The molecule has 0 bridgehead atoms.